The summed E-state index contributed by atoms with van der Waals surface area (Å²) in [5.41, 5.74) is -0.904. The van der Waals surface area contributed by atoms with E-state index in [-0.39, 0.29) is 10.8 Å². The van der Waals surface area contributed by atoms with Crippen molar-refractivity contribution in [2.45, 2.75) is 55.8 Å². The van der Waals surface area contributed by atoms with Gasteiger partial charge in [-0.05, 0) is 38.5 Å². The third kappa shape index (κ3) is 3.78. The molecule has 1 saturated carbocycles. The molecule has 2 N–H and O–H groups in total. The molecule has 0 bridgehead atoms. The summed E-state index contributed by atoms with van der Waals surface area (Å²) >= 11 is 1.14. The number of nitrogens with one attached hydrogen (secondary N) is 1. The molecule has 0 aromatic carbocycles. The van der Waals surface area contributed by atoms with E-state index in [2.05, 4.69) is 16.6 Å². The Kier molecular flexibility index (Phi) is 4.84. The van der Waals surface area contributed by atoms with Crippen LogP contribution in [-0.2, 0) is 10.0 Å². The fraction of sp³-hybridized carbons (Fsp3) is 0.769. The molecule has 7 heteroatoms. The standard InChI is InChI=1S/C13H22N2O3S2/c1-3-11-4-6-13(16,7-5-11)9-15-20(17,18)12-8-14-10(2)19-12/h8,11,15-16H,3-7,9H2,1-2H3. The minimum absolute atomic E-state index is 0.0860. The van der Waals surface area contributed by atoms with Crippen LogP contribution in [0.1, 0.15) is 44.0 Å². The first-order valence-electron chi connectivity index (χ1n) is 6.99. The lowest BCUT2D eigenvalue weighted by molar-refractivity contribution is -0.00441. The minimum Gasteiger partial charge on any atom is -0.389 e. The van der Waals surface area contributed by atoms with E-state index >= 15 is 0 Å². The van der Waals surface area contributed by atoms with Crippen LogP contribution in [0.4, 0.5) is 0 Å². The van der Waals surface area contributed by atoms with Crippen LogP contribution in [0.15, 0.2) is 10.4 Å². The first kappa shape index (κ1) is 15.9. The van der Waals surface area contributed by atoms with Gasteiger partial charge in [-0.15, -0.1) is 11.3 Å². The van der Waals surface area contributed by atoms with E-state index in [0.29, 0.717) is 23.8 Å². The van der Waals surface area contributed by atoms with Crippen LogP contribution in [0.5, 0.6) is 0 Å². The van der Waals surface area contributed by atoms with E-state index in [0.717, 1.165) is 30.6 Å². The van der Waals surface area contributed by atoms with Crippen molar-refractivity contribution in [2.75, 3.05) is 6.54 Å². The number of aryl methyl sites for hydroxylation is 1. The second-order valence-electron chi connectivity index (χ2n) is 5.60. The van der Waals surface area contributed by atoms with Gasteiger partial charge in [-0.3, -0.25) is 0 Å². The quantitative estimate of drug-likeness (QED) is 0.871. The molecule has 1 aliphatic rings. The predicted molar refractivity (Wildman–Crippen MR) is 79.2 cm³/mol. The van der Waals surface area contributed by atoms with Crippen molar-refractivity contribution in [3.05, 3.63) is 11.2 Å². The number of hydrogen-bond acceptors (Lipinski definition) is 5. The van der Waals surface area contributed by atoms with Gasteiger partial charge in [0.15, 0.2) is 4.21 Å². The lowest BCUT2D eigenvalue weighted by Gasteiger charge is -2.35. The molecule has 1 aromatic rings. The Morgan fingerprint density at radius 2 is 2.15 bits per heavy atom. The molecule has 0 aliphatic heterocycles. The monoisotopic (exact) mass is 318 g/mol. The molecule has 1 aromatic heterocycles. The number of rotatable bonds is 5. The molecular formula is C13H22N2O3S2. The predicted octanol–water partition coefficient (Wildman–Crippen LogP) is 2.06. The van der Waals surface area contributed by atoms with Crippen LogP contribution in [0, 0.1) is 12.8 Å². The molecule has 114 valence electrons. The zero-order valence-electron chi connectivity index (χ0n) is 11.9. The molecule has 2 rings (SSSR count). The van der Waals surface area contributed by atoms with Crippen molar-refractivity contribution in [3.8, 4) is 0 Å². The lowest BCUT2D eigenvalue weighted by Crippen LogP contribution is -2.45. The maximum Gasteiger partial charge on any atom is 0.251 e. The van der Waals surface area contributed by atoms with Crippen LogP contribution in [0.25, 0.3) is 0 Å². The molecule has 0 atom stereocenters. The molecule has 0 radical (unpaired) electrons. The second-order valence-corrected chi connectivity index (χ2v) is 8.83. The minimum atomic E-state index is -3.55. The molecule has 0 saturated heterocycles. The van der Waals surface area contributed by atoms with Crippen LogP contribution in [-0.4, -0.2) is 30.7 Å². The highest BCUT2D eigenvalue weighted by molar-refractivity contribution is 7.91. The van der Waals surface area contributed by atoms with Crippen molar-refractivity contribution in [3.63, 3.8) is 0 Å². The SMILES string of the molecule is CCC1CCC(O)(CNS(=O)(=O)c2cnc(C)s2)CC1. The summed E-state index contributed by atoms with van der Waals surface area (Å²) in [6.45, 7) is 4.01. The Bertz CT molecular complexity index is 546. The van der Waals surface area contributed by atoms with E-state index in [1.165, 1.54) is 6.20 Å². The number of thiazole rings is 1. The molecule has 20 heavy (non-hydrogen) atoms. The van der Waals surface area contributed by atoms with Crippen LogP contribution < -0.4 is 4.72 Å². The van der Waals surface area contributed by atoms with Gasteiger partial charge in [0.05, 0.1) is 16.8 Å². The average Bonchev–Trinajstić information content (AvgIpc) is 2.85. The molecule has 5 nitrogen and oxygen atoms in total. The third-order valence-electron chi connectivity index (χ3n) is 4.07. The van der Waals surface area contributed by atoms with E-state index in [1.54, 1.807) is 6.92 Å². The molecule has 0 unspecified atom stereocenters. The second kappa shape index (κ2) is 6.09. The van der Waals surface area contributed by atoms with Gasteiger partial charge in [0, 0.05) is 6.54 Å². The van der Waals surface area contributed by atoms with Gasteiger partial charge in [-0.1, -0.05) is 13.3 Å². The van der Waals surface area contributed by atoms with Crippen molar-refractivity contribution in [1.29, 1.82) is 0 Å². The maximum absolute atomic E-state index is 12.1. The highest BCUT2D eigenvalue weighted by Gasteiger charge is 2.34. The van der Waals surface area contributed by atoms with Crippen LogP contribution in [0.2, 0.25) is 0 Å². The van der Waals surface area contributed by atoms with E-state index in [4.69, 9.17) is 0 Å². The highest BCUT2D eigenvalue weighted by Crippen LogP contribution is 2.33. The fourth-order valence-electron chi connectivity index (χ4n) is 2.57. The normalized spacial score (nSPS) is 27.6. The van der Waals surface area contributed by atoms with Gasteiger partial charge in [-0.25, -0.2) is 18.1 Å². The van der Waals surface area contributed by atoms with Crippen molar-refractivity contribution in [1.82, 2.24) is 9.71 Å². The summed E-state index contributed by atoms with van der Waals surface area (Å²) in [6.07, 6.45) is 5.75. The molecule has 0 spiro atoms. The zero-order valence-corrected chi connectivity index (χ0v) is 13.6. The van der Waals surface area contributed by atoms with Crippen LogP contribution >= 0.6 is 11.3 Å². The van der Waals surface area contributed by atoms with Crippen molar-refractivity contribution < 1.29 is 13.5 Å². The summed E-state index contributed by atoms with van der Waals surface area (Å²) in [4.78, 5) is 3.95. The number of nitrogens with zero attached hydrogens (tertiary/aromatic N) is 1. The molecule has 1 aliphatic carbocycles. The number of sulfonamides is 1. The molecular weight excluding hydrogens is 296 g/mol. The fourth-order valence-corrected chi connectivity index (χ4v) is 4.84. The maximum atomic E-state index is 12.1. The topological polar surface area (TPSA) is 79.3 Å². The van der Waals surface area contributed by atoms with Gasteiger partial charge in [-0.2, -0.15) is 0 Å². The molecule has 1 heterocycles. The number of aromatic nitrogens is 1. The summed E-state index contributed by atoms with van der Waals surface area (Å²) in [5.74, 6) is 0.663. The largest absolute Gasteiger partial charge is 0.389 e. The van der Waals surface area contributed by atoms with E-state index < -0.39 is 15.6 Å². The Labute approximate surface area is 124 Å². The lowest BCUT2D eigenvalue weighted by atomic mass is 9.78. The van der Waals surface area contributed by atoms with E-state index in [9.17, 15) is 13.5 Å². The summed E-state index contributed by atoms with van der Waals surface area (Å²) in [5, 5.41) is 11.2. The van der Waals surface area contributed by atoms with Crippen molar-refractivity contribution >= 4 is 21.4 Å². The Morgan fingerprint density at radius 1 is 1.50 bits per heavy atom. The average molecular weight is 318 g/mol. The van der Waals surface area contributed by atoms with E-state index in [1.807, 2.05) is 0 Å². The number of aliphatic hydroxyl groups is 1. The van der Waals surface area contributed by atoms with Gasteiger partial charge in [0.25, 0.3) is 10.0 Å². The van der Waals surface area contributed by atoms with Gasteiger partial charge >= 0.3 is 0 Å². The molecule has 1 fully saturated rings. The van der Waals surface area contributed by atoms with Crippen molar-refractivity contribution in [2.24, 2.45) is 5.92 Å². The van der Waals surface area contributed by atoms with Crippen LogP contribution in [0.3, 0.4) is 0 Å². The first-order chi connectivity index (χ1) is 9.35. The Morgan fingerprint density at radius 3 is 2.65 bits per heavy atom. The molecule has 0 amide bonds. The zero-order chi connectivity index (χ0) is 14.8. The van der Waals surface area contributed by atoms with Gasteiger partial charge in [0.2, 0.25) is 0 Å². The highest BCUT2D eigenvalue weighted by atomic mass is 32.2. The summed E-state index contributed by atoms with van der Waals surface area (Å²) < 4.78 is 26.9. The van der Waals surface area contributed by atoms with Gasteiger partial charge in [0.1, 0.15) is 0 Å². The summed E-state index contributed by atoms with van der Waals surface area (Å²) in [6, 6.07) is 0. The Balaban J connectivity index is 1.95. The third-order valence-corrected chi connectivity index (χ3v) is 6.84. The smallest absolute Gasteiger partial charge is 0.251 e. The van der Waals surface area contributed by atoms with Gasteiger partial charge < -0.3 is 5.11 Å². The Hall–Kier alpha value is -0.500. The summed E-state index contributed by atoms with van der Waals surface area (Å²) in [7, 11) is -3.55. The first-order valence-corrected chi connectivity index (χ1v) is 9.29. The number of hydrogen-bond donors (Lipinski definition) is 2.